The molecule has 5 heteroatoms. The fourth-order valence-electron chi connectivity index (χ4n) is 1.25. The van der Waals surface area contributed by atoms with Crippen LogP contribution >= 0.6 is 0 Å². The van der Waals surface area contributed by atoms with E-state index in [0.717, 1.165) is 17.0 Å². The molecule has 0 fully saturated rings. The normalized spacial score (nSPS) is 10.3. The third kappa shape index (κ3) is 2.76. The van der Waals surface area contributed by atoms with Crippen LogP contribution in [0.2, 0.25) is 0 Å². The number of aromatic nitrogens is 3. The van der Waals surface area contributed by atoms with Gasteiger partial charge < -0.3 is 9.84 Å². The number of hydrogen-bond acceptors (Lipinski definition) is 5. The molecule has 2 aromatic rings. The third-order valence-corrected chi connectivity index (χ3v) is 2.39. The van der Waals surface area contributed by atoms with Gasteiger partial charge in [-0.3, -0.25) is 0 Å². The predicted octanol–water partition coefficient (Wildman–Crippen LogP) is 1.77. The van der Waals surface area contributed by atoms with Crippen molar-refractivity contribution in [3.05, 3.63) is 41.2 Å². The number of hydrogen-bond donors (Lipinski definition) is 1. The Morgan fingerprint density at radius 2 is 1.76 bits per heavy atom. The summed E-state index contributed by atoms with van der Waals surface area (Å²) in [7, 11) is 0. The van der Waals surface area contributed by atoms with E-state index in [1.54, 1.807) is 24.3 Å². The molecular weight excluding hydrogens is 218 g/mol. The van der Waals surface area contributed by atoms with Crippen LogP contribution in [-0.4, -0.2) is 20.3 Å². The zero-order chi connectivity index (χ0) is 12.3. The molecule has 0 spiro atoms. The molecule has 0 aliphatic carbocycles. The first kappa shape index (κ1) is 11.5. The number of ether oxygens (including phenoxy) is 1. The summed E-state index contributed by atoms with van der Waals surface area (Å²) in [6.45, 7) is 3.71. The van der Waals surface area contributed by atoms with E-state index in [-0.39, 0.29) is 12.6 Å². The topological polar surface area (TPSA) is 68.1 Å². The summed E-state index contributed by atoms with van der Waals surface area (Å²) in [6.07, 6.45) is 0. The highest BCUT2D eigenvalue weighted by Crippen LogP contribution is 2.18. The van der Waals surface area contributed by atoms with E-state index in [0.29, 0.717) is 5.75 Å². The number of nitrogens with zero attached hydrogens (tertiary/aromatic N) is 3. The van der Waals surface area contributed by atoms with Crippen molar-refractivity contribution in [3.8, 4) is 11.8 Å². The third-order valence-electron chi connectivity index (χ3n) is 2.39. The smallest absolute Gasteiger partial charge is 0.341 e. The molecule has 17 heavy (non-hydrogen) atoms. The summed E-state index contributed by atoms with van der Waals surface area (Å²) >= 11 is 0. The molecule has 0 saturated carbocycles. The van der Waals surface area contributed by atoms with Gasteiger partial charge in [0.15, 0.2) is 0 Å². The Labute approximate surface area is 99.1 Å². The molecule has 0 amide bonds. The van der Waals surface area contributed by atoms with Gasteiger partial charge >= 0.3 is 6.01 Å². The molecule has 0 bridgehead atoms. The largest absolute Gasteiger partial charge is 0.423 e. The van der Waals surface area contributed by atoms with E-state index in [1.807, 2.05) is 13.8 Å². The Bertz CT molecular complexity index is 512. The van der Waals surface area contributed by atoms with E-state index in [9.17, 15) is 0 Å². The Morgan fingerprint density at radius 1 is 1.06 bits per heavy atom. The van der Waals surface area contributed by atoms with Crippen molar-refractivity contribution in [2.24, 2.45) is 0 Å². The Morgan fingerprint density at radius 3 is 2.35 bits per heavy atom. The SMILES string of the molecule is Cc1nnc(Oc2ccc(CO)cc2)nc1C. The van der Waals surface area contributed by atoms with Crippen LogP contribution < -0.4 is 4.74 Å². The van der Waals surface area contributed by atoms with Crippen molar-refractivity contribution in [2.75, 3.05) is 0 Å². The van der Waals surface area contributed by atoms with Crippen LogP contribution in [0.1, 0.15) is 17.0 Å². The van der Waals surface area contributed by atoms with E-state index in [1.165, 1.54) is 0 Å². The van der Waals surface area contributed by atoms with Gasteiger partial charge in [-0.25, -0.2) is 0 Å². The van der Waals surface area contributed by atoms with Crippen molar-refractivity contribution in [2.45, 2.75) is 20.5 Å². The molecule has 0 unspecified atom stereocenters. The van der Waals surface area contributed by atoms with Gasteiger partial charge in [-0.1, -0.05) is 17.2 Å². The molecule has 2 rings (SSSR count). The second-order valence-corrected chi connectivity index (χ2v) is 3.67. The van der Waals surface area contributed by atoms with E-state index in [4.69, 9.17) is 9.84 Å². The minimum atomic E-state index is 0.0158. The number of aliphatic hydroxyl groups excluding tert-OH is 1. The zero-order valence-corrected chi connectivity index (χ0v) is 9.71. The number of rotatable bonds is 3. The van der Waals surface area contributed by atoms with Gasteiger partial charge in [-0.15, -0.1) is 5.10 Å². The highest BCUT2D eigenvalue weighted by atomic mass is 16.5. The summed E-state index contributed by atoms with van der Waals surface area (Å²) in [5, 5.41) is 16.7. The Balaban J connectivity index is 2.16. The fraction of sp³-hybridized carbons (Fsp3) is 0.250. The van der Waals surface area contributed by atoms with Crippen molar-refractivity contribution in [1.82, 2.24) is 15.2 Å². The first-order chi connectivity index (χ1) is 8.19. The maximum atomic E-state index is 8.91. The average Bonchev–Trinajstić information content (AvgIpc) is 2.35. The first-order valence-electron chi connectivity index (χ1n) is 5.24. The monoisotopic (exact) mass is 231 g/mol. The maximum Gasteiger partial charge on any atom is 0.341 e. The van der Waals surface area contributed by atoms with Crippen LogP contribution in [0.25, 0.3) is 0 Å². The lowest BCUT2D eigenvalue weighted by Gasteiger charge is -2.05. The van der Waals surface area contributed by atoms with Crippen LogP contribution in [0.5, 0.6) is 11.8 Å². The molecule has 0 radical (unpaired) electrons. The molecule has 1 heterocycles. The average molecular weight is 231 g/mol. The Hall–Kier alpha value is -2.01. The molecule has 88 valence electrons. The van der Waals surface area contributed by atoms with Crippen molar-refractivity contribution in [1.29, 1.82) is 0 Å². The summed E-state index contributed by atoms with van der Waals surface area (Å²) in [5.41, 5.74) is 2.41. The molecule has 1 aromatic heterocycles. The zero-order valence-electron chi connectivity index (χ0n) is 9.71. The molecule has 0 saturated heterocycles. The minimum Gasteiger partial charge on any atom is -0.423 e. The molecule has 5 nitrogen and oxygen atoms in total. The second-order valence-electron chi connectivity index (χ2n) is 3.67. The van der Waals surface area contributed by atoms with Gasteiger partial charge in [-0.2, -0.15) is 4.98 Å². The molecule has 0 aliphatic heterocycles. The number of benzene rings is 1. The summed E-state index contributed by atoms with van der Waals surface area (Å²) < 4.78 is 5.45. The number of aliphatic hydroxyl groups is 1. The predicted molar refractivity (Wildman–Crippen MR) is 61.7 cm³/mol. The lowest BCUT2D eigenvalue weighted by Crippen LogP contribution is -1.99. The number of aryl methyl sites for hydroxylation is 2. The van der Waals surface area contributed by atoms with Crippen LogP contribution in [0.4, 0.5) is 0 Å². The van der Waals surface area contributed by atoms with Gasteiger partial charge in [0.25, 0.3) is 0 Å². The Kier molecular flexibility index (Phi) is 3.30. The highest BCUT2D eigenvalue weighted by Gasteiger charge is 2.03. The van der Waals surface area contributed by atoms with Crippen LogP contribution in [0.15, 0.2) is 24.3 Å². The van der Waals surface area contributed by atoms with Crippen LogP contribution in [-0.2, 0) is 6.61 Å². The van der Waals surface area contributed by atoms with Crippen LogP contribution in [0, 0.1) is 13.8 Å². The molecule has 0 aliphatic rings. The maximum absolute atomic E-state index is 8.91. The van der Waals surface area contributed by atoms with Crippen molar-refractivity contribution in [3.63, 3.8) is 0 Å². The summed E-state index contributed by atoms with van der Waals surface area (Å²) in [4.78, 5) is 4.17. The van der Waals surface area contributed by atoms with Crippen molar-refractivity contribution < 1.29 is 9.84 Å². The quantitative estimate of drug-likeness (QED) is 0.871. The first-order valence-corrected chi connectivity index (χ1v) is 5.24. The van der Waals surface area contributed by atoms with E-state index < -0.39 is 0 Å². The fourth-order valence-corrected chi connectivity index (χ4v) is 1.25. The van der Waals surface area contributed by atoms with Crippen LogP contribution in [0.3, 0.4) is 0 Å². The molecule has 0 atom stereocenters. The van der Waals surface area contributed by atoms with Gasteiger partial charge in [0.1, 0.15) is 5.75 Å². The van der Waals surface area contributed by atoms with E-state index in [2.05, 4.69) is 15.2 Å². The highest BCUT2D eigenvalue weighted by molar-refractivity contribution is 5.28. The lowest BCUT2D eigenvalue weighted by molar-refractivity contribution is 0.281. The summed E-state index contributed by atoms with van der Waals surface area (Å²) in [5.74, 6) is 0.618. The van der Waals surface area contributed by atoms with Gasteiger partial charge in [0.2, 0.25) is 0 Å². The molecular formula is C12H13N3O2. The van der Waals surface area contributed by atoms with Gasteiger partial charge in [-0.05, 0) is 31.5 Å². The second kappa shape index (κ2) is 4.88. The molecule has 1 N–H and O–H groups in total. The standard InChI is InChI=1S/C12H13N3O2/c1-8-9(2)14-15-12(13-8)17-11-5-3-10(7-16)4-6-11/h3-6,16H,7H2,1-2H3. The van der Waals surface area contributed by atoms with E-state index >= 15 is 0 Å². The van der Waals surface area contributed by atoms with Gasteiger partial charge in [0.05, 0.1) is 18.0 Å². The van der Waals surface area contributed by atoms with Gasteiger partial charge in [0, 0.05) is 0 Å². The minimum absolute atomic E-state index is 0.0158. The summed E-state index contributed by atoms with van der Waals surface area (Å²) in [6, 6.07) is 7.30. The molecule has 1 aromatic carbocycles. The van der Waals surface area contributed by atoms with Crippen molar-refractivity contribution >= 4 is 0 Å². The lowest BCUT2D eigenvalue weighted by atomic mass is 10.2.